The van der Waals surface area contributed by atoms with Gasteiger partial charge in [0.2, 0.25) is 0 Å². The smallest absolute Gasteiger partial charge is 0.185 e. The van der Waals surface area contributed by atoms with E-state index >= 15 is 0 Å². The number of hydrogen-bond donors (Lipinski definition) is 1. The Hall–Kier alpha value is -0.610. The second-order valence-electron chi connectivity index (χ2n) is 4.93. The summed E-state index contributed by atoms with van der Waals surface area (Å²) < 4.78 is 0. The summed E-state index contributed by atoms with van der Waals surface area (Å²) in [6, 6.07) is 0.560. The van der Waals surface area contributed by atoms with Crippen molar-refractivity contribution < 1.29 is 0 Å². The van der Waals surface area contributed by atoms with Crippen LogP contribution < -0.4 is 10.2 Å². The third-order valence-corrected chi connectivity index (χ3v) is 3.44. The van der Waals surface area contributed by atoms with Crippen molar-refractivity contribution in [2.45, 2.75) is 39.8 Å². The molecule has 1 aromatic heterocycles. The van der Waals surface area contributed by atoms with Crippen LogP contribution in [0.2, 0.25) is 0 Å². The van der Waals surface area contributed by atoms with Gasteiger partial charge in [-0.3, -0.25) is 0 Å². The summed E-state index contributed by atoms with van der Waals surface area (Å²) >= 11 is 1.70. The first-order chi connectivity index (χ1) is 7.49. The maximum absolute atomic E-state index is 4.54. The third-order valence-electron chi connectivity index (χ3n) is 2.38. The molecular formula is C12H23N3S. The molecule has 0 fully saturated rings. The molecule has 0 aliphatic heterocycles. The molecule has 16 heavy (non-hydrogen) atoms. The Balaban J connectivity index is 2.36. The summed E-state index contributed by atoms with van der Waals surface area (Å²) in [5, 5.41) is 6.71. The van der Waals surface area contributed by atoms with Gasteiger partial charge in [0.1, 0.15) is 0 Å². The Labute approximate surface area is 103 Å². The SMILES string of the molecule is CC(C)CC(C)NCc1csc(N(C)C)n1. The molecule has 0 saturated heterocycles. The van der Waals surface area contributed by atoms with E-state index in [2.05, 4.69) is 36.5 Å². The minimum atomic E-state index is 0.560. The average molecular weight is 241 g/mol. The van der Waals surface area contributed by atoms with Crippen LogP contribution in [0.25, 0.3) is 0 Å². The molecular weight excluding hydrogens is 218 g/mol. The summed E-state index contributed by atoms with van der Waals surface area (Å²) in [6.07, 6.45) is 1.21. The van der Waals surface area contributed by atoms with Gasteiger partial charge in [-0.1, -0.05) is 13.8 Å². The number of hydrogen-bond acceptors (Lipinski definition) is 4. The number of rotatable bonds is 6. The minimum Gasteiger partial charge on any atom is -0.354 e. The predicted molar refractivity (Wildman–Crippen MR) is 72.2 cm³/mol. The fourth-order valence-corrected chi connectivity index (χ4v) is 2.41. The molecule has 1 unspecified atom stereocenters. The van der Waals surface area contributed by atoms with Crippen LogP contribution in [0.15, 0.2) is 5.38 Å². The van der Waals surface area contributed by atoms with E-state index in [4.69, 9.17) is 0 Å². The highest BCUT2D eigenvalue weighted by Gasteiger charge is 2.07. The molecule has 0 radical (unpaired) electrons. The lowest BCUT2D eigenvalue weighted by molar-refractivity contribution is 0.440. The van der Waals surface area contributed by atoms with E-state index in [0.29, 0.717) is 6.04 Å². The first-order valence-corrected chi connectivity index (χ1v) is 6.72. The summed E-state index contributed by atoms with van der Waals surface area (Å²) in [5.41, 5.74) is 1.14. The molecule has 0 spiro atoms. The van der Waals surface area contributed by atoms with Crippen LogP contribution >= 0.6 is 11.3 Å². The Bertz CT molecular complexity index is 307. The highest BCUT2D eigenvalue weighted by atomic mass is 32.1. The molecule has 1 aromatic rings. The monoisotopic (exact) mass is 241 g/mol. The van der Waals surface area contributed by atoms with Gasteiger partial charge < -0.3 is 10.2 Å². The van der Waals surface area contributed by atoms with Crippen molar-refractivity contribution in [3.05, 3.63) is 11.1 Å². The molecule has 1 heterocycles. The quantitative estimate of drug-likeness (QED) is 0.830. The van der Waals surface area contributed by atoms with Gasteiger partial charge in [-0.05, 0) is 19.3 Å². The van der Waals surface area contributed by atoms with Crippen molar-refractivity contribution in [2.75, 3.05) is 19.0 Å². The molecule has 0 aliphatic carbocycles. The number of aromatic nitrogens is 1. The molecule has 92 valence electrons. The van der Waals surface area contributed by atoms with Crippen molar-refractivity contribution in [3.63, 3.8) is 0 Å². The van der Waals surface area contributed by atoms with E-state index in [-0.39, 0.29) is 0 Å². The molecule has 0 saturated carbocycles. The second kappa shape index (κ2) is 6.21. The van der Waals surface area contributed by atoms with Gasteiger partial charge in [-0.25, -0.2) is 4.98 Å². The molecule has 1 atom stereocenters. The first-order valence-electron chi connectivity index (χ1n) is 5.84. The zero-order chi connectivity index (χ0) is 12.1. The van der Waals surface area contributed by atoms with E-state index in [1.807, 2.05) is 19.0 Å². The van der Waals surface area contributed by atoms with Crippen LogP contribution in [0.1, 0.15) is 32.9 Å². The number of thiazole rings is 1. The summed E-state index contributed by atoms with van der Waals surface area (Å²) in [6.45, 7) is 7.62. The standard InChI is InChI=1S/C12H23N3S/c1-9(2)6-10(3)13-7-11-8-16-12(14-11)15(4)5/h8-10,13H,6-7H2,1-5H3. The van der Waals surface area contributed by atoms with Crippen molar-refractivity contribution >= 4 is 16.5 Å². The summed E-state index contributed by atoms with van der Waals surface area (Å²) in [7, 11) is 4.05. The molecule has 1 N–H and O–H groups in total. The zero-order valence-corrected chi connectivity index (χ0v) is 11.8. The Morgan fingerprint density at radius 2 is 2.06 bits per heavy atom. The lowest BCUT2D eigenvalue weighted by atomic mass is 10.1. The van der Waals surface area contributed by atoms with Gasteiger partial charge in [0.25, 0.3) is 0 Å². The average Bonchev–Trinajstić information content (AvgIpc) is 2.61. The van der Waals surface area contributed by atoms with Crippen LogP contribution in [0, 0.1) is 5.92 Å². The van der Waals surface area contributed by atoms with Gasteiger partial charge in [0, 0.05) is 32.1 Å². The lowest BCUT2D eigenvalue weighted by Gasteiger charge is -2.14. The van der Waals surface area contributed by atoms with Gasteiger partial charge in [0.05, 0.1) is 5.69 Å². The van der Waals surface area contributed by atoms with Crippen molar-refractivity contribution in [3.8, 4) is 0 Å². The van der Waals surface area contributed by atoms with Gasteiger partial charge in [-0.15, -0.1) is 11.3 Å². The Morgan fingerprint density at radius 3 is 2.56 bits per heavy atom. The van der Waals surface area contributed by atoms with Crippen LogP contribution in [0.5, 0.6) is 0 Å². The van der Waals surface area contributed by atoms with E-state index in [1.165, 1.54) is 6.42 Å². The van der Waals surface area contributed by atoms with Crippen LogP contribution in [0.4, 0.5) is 5.13 Å². The number of anilines is 1. The van der Waals surface area contributed by atoms with Gasteiger partial charge in [0.15, 0.2) is 5.13 Å². The normalized spacial score (nSPS) is 13.1. The van der Waals surface area contributed by atoms with Crippen molar-refractivity contribution in [1.82, 2.24) is 10.3 Å². The zero-order valence-electron chi connectivity index (χ0n) is 10.9. The molecule has 4 heteroatoms. The molecule has 0 aliphatic rings. The number of nitrogens with one attached hydrogen (secondary N) is 1. The Kier molecular flexibility index (Phi) is 5.22. The highest BCUT2D eigenvalue weighted by Crippen LogP contribution is 2.17. The molecule has 0 aromatic carbocycles. The predicted octanol–water partition coefficient (Wildman–Crippen LogP) is 2.73. The van der Waals surface area contributed by atoms with Crippen LogP contribution in [-0.4, -0.2) is 25.1 Å². The first kappa shape index (κ1) is 13.5. The molecule has 1 rings (SSSR count). The highest BCUT2D eigenvalue weighted by molar-refractivity contribution is 7.13. The lowest BCUT2D eigenvalue weighted by Crippen LogP contribution is -2.27. The van der Waals surface area contributed by atoms with Crippen LogP contribution in [0.3, 0.4) is 0 Å². The molecule has 3 nitrogen and oxygen atoms in total. The summed E-state index contributed by atoms with van der Waals surface area (Å²) in [5.74, 6) is 0.746. The Morgan fingerprint density at radius 1 is 1.38 bits per heavy atom. The fourth-order valence-electron chi connectivity index (χ4n) is 1.65. The van der Waals surface area contributed by atoms with Gasteiger partial charge >= 0.3 is 0 Å². The van der Waals surface area contributed by atoms with E-state index in [0.717, 1.165) is 23.3 Å². The van der Waals surface area contributed by atoms with Gasteiger partial charge in [-0.2, -0.15) is 0 Å². The maximum atomic E-state index is 4.54. The van der Waals surface area contributed by atoms with Crippen molar-refractivity contribution in [1.29, 1.82) is 0 Å². The second-order valence-corrected chi connectivity index (χ2v) is 5.76. The molecule has 0 amide bonds. The third kappa shape index (κ3) is 4.49. The topological polar surface area (TPSA) is 28.2 Å². The van der Waals surface area contributed by atoms with Crippen molar-refractivity contribution in [2.24, 2.45) is 5.92 Å². The minimum absolute atomic E-state index is 0.560. The maximum Gasteiger partial charge on any atom is 0.185 e. The van der Waals surface area contributed by atoms with Crippen LogP contribution in [-0.2, 0) is 6.54 Å². The van der Waals surface area contributed by atoms with E-state index in [9.17, 15) is 0 Å². The summed E-state index contributed by atoms with van der Waals surface area (Å²) in [4.78, 5) is 6.59. The molecule has 0 bridgehead atoms. The fraction of sp³-hybridized carbons (Fsp3) is 0.750. The number of nitrogens with zero attached hydrogens (tertiary/aromatic N) is 2. The van der Waals surface area contributed by atoms with E-state index < -0.39 is 0 Å². The largest absolute Gasteiger partial charge is 0.354 e. The van der Waals surface area contributed by atoms with E-state index in [1.54, 1.807) is 11.3 Å².